The number of rotatable bonds is 5. The first-order valence-electron chi connectivity index (χ1n) is 8.15. The van der Waals surface area contributed by atoms with Gasteiger partial charge in [0, 0.05) is 18.0 Å². The second kappa shape index (κ2) is 7.53. The average Bonchev–Trinajstić information content (AvgIpc) is 2.69. The lowest BCUT2D eigenvalue weighted by Crippen LogP contribution is -2.15. The Morgan fingerprint density at radius 1 is 1.00 bits per heavy atom. The summed E-state index contributed by atoms with van der Waals surface area (Å²) in [5.41, 5.74) is 0.232. The molecule has 11 heteroatoms. The number of pyridine rings is 1. The van der Waals surface area contributed by atoms with E-state index in [2.05, 4.69) is 25.6 Å². The molecule has 2 N–H and O–H groups in total. The molecule has 0 aliphatic carbocycles. The number of benzene rings is 1. The molecule has 0 atom stereocenters. The number of hydrogen-bond donors (Lipinski definition) is 2. The summed E-state index contributed by atoms with van der Waals surface area (Å²) < 4.78 is 11.0. The Bertz CT molecular complexity index is 1030. The van der Waals surface area contributed by atoms with Gasteiger partial charge in [-0.1, -0.05) is 11.6 Å². The van der Waals surface area contributed by atoms with Crippen LogP contribution in [0.5, 0.6) is 11.5 Å². The van der Waals surface area contributed by atoms with E-state index in [1.54, 1.807) is 30.3 Å². The monoisotopic (exact) mass is 400 g/mol. The molecule has 2 aromatic heterocycles. The van der Waals surface area contributed by atoms with Gasteiger partial charge in [-0.2, -0.15) is 0 Å². The molecular formula is C17H13ClN6O4. The molecule has 0 amide bonds. The van der Waals surface area contributed by atoms with Gasteiger partial charge in [-0.15, -0.1) is 0 Å². The van der Waals surface area contributed by atoms with Gasteiger partial charge in [0.1, 0.15) is 25.4 Å². The van der Waals surface area contributed by atoms with Crippen LogP contribution in [-0.4, -0.2) is 33.1 Å². The fraction of sp³-hybridized carbons (Fsp3) is 0.118. The molecule has 0 bridgehead atoms. The minimum Gasteiger partial charge on any atom is -0.486 e. The molecule has 3 aromatic rings. The van der Waals surface area contributed by atoms with Crippen LogP contribution >= 0.6 is 11.6 Å². The highest BCUT2D eigenvalue weighted by atomic mass is 35.5. The predicted octanol–water partition coefficient (Wildman–Crippen LogP) is 3.69. The Labute approximate surface area is 163 Å². The van der Waals surface area contributed by atoms with Gasteiger partial charge in [-0.25, -0.2) is 15.0 Å². The van der Waals surface area contributed by atoms with E-state index >= 15 is 0 Å². The fourth-order valence-corrected chi connectivity index (χ4v) is 2.68. The van der Waals surface area contributed by atoms with E-state index in [9.17, 15) is 10.1 Å². The third-order valence-corrected chi connectivity index (χ3v) is 4.01. The van der Waals surface area contributed by atoms with Gasteiger partial charge >= 0.3 is 5.69 Å². The summed E-state index contributed by atoms with van der Waals surface area (Å²) in [6, 6.07) is 8.32. The second-order valence-electron chi connectivity index (χ2n) is 5.65. The normalized spacial score (nSPS) is 12.3. The largest absolute Gasteiger partial charge is 0.486 e. The summed E-state index contributed by atoms with van der Waals surface area (Å²) in [7, 11) is 0. The van der Waals surface area contributed by atoms with Crippen molar-refractivity contribution in [2.45, 2.75) is 0 Å². The van der Waals surface area contributed by atoms with Crippen LogP contribution in [0, 0.1) is 10.1 Å². The van der Waals surface area contributed by atoms with Crippen LogP contribution in [0.2, 0.25) is 5.02 Å². The molecule has 1 aliphatic heterocycles. The highest BCUT2D eigenvalue weighted by molar-refractivity contribution is 6.30. The molecule has 0 fully saturated rings. The van der Waals surface area contributed by atoms with Crippen LogP contribution in [0.3, 0.4) is 0 Å². The van der Waals surface area contributed by atoms with Gasteiger partial charge in [-0.3, -0.25) is 10.1 Å². The number of fused-ring (bicyclic) bond motifs is 1. The van der Waals surface area contributed by atoms with Crippen molar-refractivity contribution < 1.29 is 14.4 Å². The lowest BCUT2D eigenvalue weighted by molar-refractivity contribution is -0.383. The number of aromatic nitrogens is 3. The first-order chi connectivity index (χ1) is 13.6. The van der Waals surface area contributed by atoms with Gasteiger partial charge in [-0.05, 0) is 24.3 Å². The maximum Gasteiger partial charge on any atom is 0.353 e. The van der Waals surface area contributed by atoms with Gasteiger partial charge in [0.2, 0.25) is 11.6 Å². The third kappa shape index (κ3) is 3.71. The summed E-state index contributed by atoms with van der Waals surface area (Å²) in [5.74, 6) is 1.54. The molecule has 0 saturated carbocycles. The highest BCUT2D eigenvalue weighted by Crippen LogP contribution is 2.36. The Balaban J connectivity index is 1.65. The lowest BCUT2D eigenvalue weighted by Gasteiger charge is -2.19. The van der Waals surface area contributed by atoms with E-state index in [1.807, 2.05) is 0 Å². The van der Waals surface area contributed by atoms with Gasteiger partial charge in [0.15, 0.2) is 11.5 Å². The quantitative estimate of drug-likeness (QED) is 0.487. The van der Waals surface area contributed by atoms with E-state index < -0.39 is 4.92 Å². The average molecular weight is 401 g/mol. The molecule has 10 nitrogen and oxygen atoms in total. The maximum absolute atomic E-state index is 11.7. The van der Waals surface area contributed by atoms with Crippen molar-refractivity contribution in [3.05, 3.63) is 58.0 Å². The maximum atomic E-state index is 11.7. The van der Waals surface area contributed by atoms with Crippen molar-refractivity contribution in [2.75, 3.05) is 23.8 Å². The number of nitrogens with zero attached hydrogens (tertiary/aromatic N) is 4. The molecule has 1 aliphatic rings. The van der Waals surface area contributed by atoms with Crippen molar-refractivity contribution in [2.24, 2.45) is 0 Å². The van der Waals surface area contributed by atoms with Crippen LogP contribution in [0.4, 0.5) is 28.8 Å². The number of nitrogens with one attached hydrogen (secondary N) is 2. The van der Waals surface area contributed by atoms with Crippen LogP contribution in [0.1, 0.15) is 0 Å². The smallest absolute Gasteiger partial charge is 0.353 e. The minimum atomic E-state index is -0.571. The zero-order chi connectivity index (χ0) is 19.5. The van der Waals surface area contributed by atoms with Crippen molar-refractivity contribution in [3.8, 4) is 11.5 Å². The van der Waals surface area contributed by atoms with Crippen molar-refractivity contribution in [1.29, 1.82) is 0 Å². The first-order valence-corrected chi connectivity index (χ1v) is 8.52. The first kappa shape index (κ1) is 17.7. The van der Waals surface area contributed by atoms with E-state index in [0.29, 0.717) is 41.2 Å². The summed E-state index contributed by atoms with van der Waals surface area (Å²) >= 11 is 5.81. The van der Waals surface area contributed by atoms with Crippen molar-refractivity contribution in [1.82, 2.24) is 15.0 Å². The van der Waals surface area contributed by atoms with Crippen LogP contribution < -0.4 is 20.1 Å². The van der Waals surface area contributed by atoms with Crippen molar-refractivity contribution in [3.63, 3.8) is 0 Å². The van der Waals surface area contributed by atoms with Crippen LogP contribution in [0.25, 0.3) is 0 Å². The highest BCUT2D eigenvalue weighted by Gasteiger charge is 2.24. The van der Waals surface area contributed by atoms with Crippen molar-refractivity contribution >= 4 is 40.4 Å². The third-order valence-electron chi connectivity index (χ3n) is 3.78. The fourth-order valence-electron chi connectivity index (χ4n) is 2.56. The van der Waals surface area contributed by atoms with Gasteiger partial charge < -0.3 is 20.1 Å². The SMILES string of the molecule is O=[N+]([O-])c1c(Nc2ccc3c(c2)OCCO3)ncnc1Nc1ccc(Cl)cn1. The van der Waals surface area contributed by atoms with E-state index in [-0.39, 0.29) is 17.3 Å². The second-order valence-corrected chi connectivity index (χ2v) is 6.08. The number of ether oxygens (including phenoxy) is 2. The lowest BCUT2D eigenvalue weighted by atomic mass is 10.2. The zero-order valence-corrected chi connectivity index (χ0v) is 15.0. The predicted molar refractivity (Wildman–Crippen MR) is 102 cm³/mol. The Hall–Kier alpha value is -3.66. The molecule has 142 valence electrons. The molecule has 4 rings (SSSR count). The molecule has 3 heterocycles. The van der Waals surface area contributed by atoms with Gasteiger partial charge in [0.05, 0.1) is 9.95 Å². The number of halogens is 1. The Morgan fingerprint density at radius 3 is 2.46 bits per heavy atom. The Kier molecular flexibility index (Phi) is 4.77. The van der Waals surface area contributed by atoms with E-state index in [4.69, 9.17) is 21.1 Å². The topological polar surface area (TPSA) is 124 Å². The minimum absolute atomic E-state index is 0.00475. The number of hydrogen-bond acceptors (Lipinski definition) is 9. The molecule has 1 aromatic carbocycles. The number of nitro groups is 1. The van der Waals surface area contributed by atoms with Crippen LogP contribution in [0.15, 0.2) is 42.9 Å². The molecule has 0 saturated heterocycles. The van der Waals surface area contributed by atoms with E-state index in [0.717, 1.165) is 0 Å². The summed E-state index contributed by atoms with van der Waals surface area (Å²) in [6.07, 6.45) is 2.64. The molecule has 0 radical (unpaired) electrons. The summed E-state index contributed by atoms with van der Waals surface area (Å²) in [5, 5.41) is 17.9. The zero-order valence-electron chi connectivity index (χ0n) is 14.3. The molecule has 0 unspecified atom stereocenters. The summed E-state index contributed by atoms with van der Waals surface area (Å²) in [4.78, 5) is 23.1. The molecular weight excluding hydrogens is 388 g/mol. The van der Waals surface area contributed by atoms with E-state index in [1.165, 1.54) is 12.5 Å². The molecule has 0 spiro atoms. The van der Waals surface area contributed by atoms with Gasteiger partial charge in [0.25, 0.3) is 0 Å². The number of anilines is 4. The Morgan fingerprint density at radius 2 is 1.75 bits per heavy atom. The molecule has 28 heavy (non-hydrogen) atoms. The standard InChI is InChI=1S/C17H13ClN6O4/c18-10-1-4-14(19-8-10)23-17-15(24(25)26)16(20-9-21-17)22-11-2-3-12-13(7-11)28-6-5-27-12/h1-4,7-9H,5-6H2,(H2,19,20,21,22,23). The van der Waals surface area contributed by atoms with Crippen LogP contribution in [-0.2, 0) is 0 Å². The summed E-state index contributed by atoms with van der Waals surface area (Å²) in [6.45, 7) is 0.914.